The Labute approximate surface area is 79.3 Å². The maximum atomic E-state index is 11.1. The molecule has 0 aliphatic rings. The average molecular weight is 191 g/mol. The van der Waals surface area contributed by atoms with Crippen molar-refractivity contribution in [1.82, 2.24) is 5.32 Å². The third kappa shape index (κ3) is 7.88. The Kier molecular flexibility index (Phi) is 4.63. The first kappa shape index (κ1) is 11.8. The third-order valence-corrected chi connectivity index (χ3v) is 1.12. The summed E-state index contributed by atoms with van der Waals surface area (Å²) in [5, 5.41) is 2.78. The minimum absolute atomic E-state index is 0.0714. The molecule has 0 rings (SSSR count). The van der Waals surface area contributed by atoms with Crippen LogP contribution in [-0.4, -0.2) is 23.5 Å². The van der Waals surface area contributed by atoms with Crippen LogP contribution in [0.1, 0.15) is 27.7 Å². The van der Waals surface area contributed by atoms with E-state index in [1.54, 1.807) is 6.92 Å². The van der Waals surface area contributed by atoms with E-state index >= 15 is 0 Å². The standard InChI is InChI=1S/C8H17NO2S/c1-6(12)11-5-7(10)9-8(2,3)4/h6,12H,5H2,1-4H3,(H,9,10). The van der Waals surface area contributed by atoms with Crippen molar-refractivity contribution in [3.63, 3.8) is 0 Å². The van der Waals surface area contributed by atoms with Gasteiger partial charge in [-0.15, -0.1) is 12.6 Å². The predicted octanol–water partition coefficient (Wildman–Crippen LogP) is 1.19. The number of hydrogen-bond donors (Lipinski definition) is 2. The van der Waals surface area contributed by atoms with Gasteiger partial charge in [-0.2, -0.15) is 0 Å². The molecule has 3 nitrogen and oxygen atoms in total. The van der Waals surface area contributed by atoms with Crippen molar-refractivity contribution >= 4 is 18.5 Å². The zero-order valence-corrected chi connectivity index (χ0v) is 8.94. The number of rotatable bonds is 3. The molecule has 0 saturated heterocycles. The van der Waals surface area contributed by atoms with Crippen molar-refractivity contribution in [2.75, 3.05) is 6.61 Å². The molecular formula is C8H17NO2S. The summed E-state index contributed by atoms with van der Waals surface area (Å²) in [5.41, 5.74) is -0.393. The molecule has 0 aliphatic carbocycles. The Morgan fingerprint density at radius 2 is 2.08 bits per heavy atom. The van der Waals surface area contributed by atoms with Crippen LogP contribution in [0.25, 0.3) is 0 Å². The molecule has 1 N–H and O–H groups in total. The zero-order valence-electron chi connectivity index (χ0n) is 8.05. The number of carbonyl (C=O) groups is 1. The molecular weight excluding hydrogens is 174 g/mol. The molecule has 0 fully saturated rings. The minimum Gasteiger partial charge on any atom is -0.358 e. The summed E-state index contributed by atoms with van der Waals surface area (Å²) >= 11 is 3.98. The first-order valence-corrected chi connectivity index (χ1v) is 4.43. The second kappa shape index (κ2) is 4.72. The molecule has 0 aromatic carbocycles. The smallest absolute Gasteiger partial charge is 0.246 e. The lowest BCUT2D eigenvalue weighted by Gasteiger charge is -2.20. The van der Waals surface area contributed by atoms with E-state index in [0.29, 0.717) is 0 Å². The fourth-order valence-electron chi connectivity index (χ4n) is 0.651. The Hall–Kier alpha value is -0.220. The SMILES string of the molecule is CC(S)OCC(=O)NC(C)(C)C. The fourth-order valence-corrected chi connectivity index (χ4v) is 0.725. The van der Waals surface area contributed by atoms with Gasteiger partial charge in [0.1, 0.15) is 6.61 Å². The Bertz CT molecular complexity index is 152. The Balaban J connectivity index is 3.61. The van der Waals surface area contributed by atoms with Crippen molar-refractivity contribution in [2.45, 2.75) is 38.7 Å². The summed E-state index contributed by atoms with van der Waals surface area (Å²) < 4.78 is 5.00. The van der Waals surface area contributed by atoms with Crippen LogP contribution < -0.4 is 5.32 Å². The predicted molar refractivity (Wildman–Crippen MR) is 52.3 cm³/mol. The molecule has 1 atom stereocenters. The number of amides is 1. The van der Waals surface area contributed by atoms with E-state index in [0.717, 1.165) is 0 Å². The molecule has 0 spiro atoms. The van der Waals surface area contributed by atoms with Crippen LogP contribution in [0.5, 0.6) is 0 Å². The summed E-state index contributed by atoms with van der Waals surface area (Å²) in [6, 6.07) is 0. The molecule has 0 aliphatic heterocycles. The van der Waals surface area contributed by atoms with Crippen molar-refractivity contribution in [1.29, 1.82) is 0 Å². The lowest BCUT2D eigenvalue weighted by atomic mass is 10.1. The lowest BCUT2D eigenvalue weighted by Crippen LogP contribution is -2.42. The van der Waals surface area contributed by atoms with Crippen molar-refractivity contribution in [3.05, 3.63) is 0 Å². The van der Waals surface area contributed by atoms with Gasteiger partial charge in [0.25, 0.3) is 0 Å². The van der Waals surface area contributed by atoms with E-state index < -0.39 is 0 Å². The molecule has 0 aromatic heterocycles. The lowest BCUT2D eigenvalue weighted by molar-refractivity contribution is -0.127. The highest BCUT2D eigenvalue weighted by atomic mass is 32.1. The number of ether oxygens (including phenoxy) is 1. The van der Waals surface area contributed by atoms with Crippen LogP contribution in [0.4, 0.5) is 0 Å². The molecule has 0 heterocycles. The molecule has 4 heteroatoms. The van der Waals surface area contributed by atoms with Gasteiger partial charge in [-0.25, -0.2) is 0 Å². The molecule has 1 amide bonds. The molecule has 72 valence electrons. The maximum Gasteiger partial charge on any atom is 0.246 e. The van der Waals surface area contributed by atoms with Gasteiger partial charge < -0.3 is 10.1 Å². The van der Waals surface area contributed by atoms with Gasteiger partial charge in [-0.1, -0.05) is 0 Å². The average Bonchev–Trinajstić information content (AvgIpc) is 1.79. The quantitative estimate of drug-likeness (QED) is 0.519. The second-order valence-corrected chi connectivity index (χ2v) is 4.44. The van der Waals surface area contributed by atoms with Gasteiger partial charge in [-0.3, -0.25) is 4.79 Å². The van der Waals surface area contributed by atoms with Gasteiger partial charge in [-0.05, 0) is 27.7 Å². The van der Waals surface area contributed by atoms with Crippen molar-refractivity contribution in [3.8, 4) is 0 Å². The summed E-state index contributed by atoms with van der Waals surface area (Å²) in [6.07, 6.45) is 0. The third-order valence-electron chi connectivity index (χ3n) is 0.970. The van der Waals surface area contributed by atoms with E-state index in [-0.39, 0.29) is 23.5 Å². The molecule has 0 radical (unpaired) electrons. The summed E-state index contributed by atoms with van der Waals surface area (Å²) in [7, 11) is 0. The van der Waals surface area contributed by atoms with E-state index in [9.17, 15) is 4.79 Å². The highest BCUT2D eigenvalue weighted by Gasteiger charge is 2.13. The minimum atomic E-state index is -0.198. The van der Waals surface area contributed by atoms with E-state index in [1.165, 1.54) is 0 Å². The van der Waals surface area contributed by atoms with E-state index in [1.807, 2.05) is 20.8 Å². The summed E-state index contributed by atoms with van der Waals surface area (Å²) in [4.78, 5) is 11.1. The Morgan fingerprint density at radius 3 is 2.42 bits per heavy atom. The highest BCUT2D eigenvalue weighted by Crippen LogP contribution is 1.99. The maximum absolute atomic E-state index is 11.1. The monoisotopic (exact) mass is 191 g/mol. The van der Waals surface area contributed by atoms with Gasteiger partial charge in [0.05, 0.1) is 5.44 Å². The molecule has 0 aromatic rings. The van der Waals surface area contributed by atoms with Gasteiger partial charge in [0.15, 0.2) is 0 Å². The largest absolute Gasteiger partial charge is 0.358 e. The van der Waals surface area contributed by atoms with Crippen LogP contribution >= 0.6 is 12.6 Å². The van der Waals surface area contributed by atoms with E-state index in [4.69, 9.17) is 4.74 Å². The zero-order chi connectivity index (χ0) is 9.78. The van der Waals surface area contributed by atoms with Crippen LogP contribution in [0.15, 0.2) is 0 Å². The fraction of sp³-hybridized carbons (Fsp3) is 0.875. The van der Waals surface area contributed by atoms with Gasteiger partial charge in [0, 0.05) is 5.54 Å². The van der Waals surface area contributed by atoms with E-state index in [2.05, 4.69) is 17.9 Å². The number of nitrogens with one attached hydrogen (secondary N) is 1. The van der Waals surface area contributed by atoms with Crippen LogP contribution in [-0.2, 0) is 9.53 Å². The summed E-state index contributed by atoms with van der Waals surface area (Å²) in [5.74, 6) is -0.108. The molecule has 0 bridgehead atoms. The van der Waals surface area contributed by atoms with Crippen molar-refractivity contribution in [2.24, 2.45) is 0 Å². The molecule has 1 unspecified atom stereocenters. The highest BCUT2D eigenvalue weighted by molar-refractivity contribution is 7.80. The van der Waals surface area contributed by atoms with Crippen LogP contribution in [0, 0.1) is 0 Å². The van der Waals surface area contributed by atoms with Crippen molar-refractivity contribution < 1.29 is 9.53 Å². The summed E-state index contributed by atoms with van der Waals surface area (Å²) in [6.45, 7) is 7.62. The second-order valence-electron chi connectivity index (χ2n) is 3.71. The number of hydrogen-bond acceptors (Lipinski definition) is 3. The van der Waals surface area contributed by atoms with Gasteiger partial charge in [0.2, 0.25) is 5.91 Å². The first-order valence-electron chi connectivity index (χ1n) is 3.92. The first-order chi connectivity index (χ1) is 5.31. The molecule has 12 heavy (non-hydrogen) atoms. The van der Waals surface area contributed by atoms with Gasteiger partial charge >= 0.3 is 0 Å². The van der Waals surface area contributed by atoms with Crippen LogP contribution in [0.2, 0.25) is 0 Å². The normalized spacial score (nSPS) is 14.1. The Morgan fingerprint density at radius 1 is 1.58 bits per heavy atom. The number of carbonyl (C=O) groups excluding carboxylic acids is 1. The van der Waals surface area contributed by atoms with Crippen LogP contribution in [0.3, 0.4) is 0 Å². The topological polar surface area (TPSA) is 38.3 Å². The molecule has 0 saturated carbocycles. The number of thiol groups is 1.